The molecule has 3 N–H and O–H groups in total. The summed E-state index contributed by atoms with van der Waals surface area (Å²) in [6.07, 6.45) is 4.10. The second kappa shape index (κ2) is 14.5. The summed E-state index contributed by atoms with van der Waals surface area (Å²) in [6.45, 7) is 2.48. The average Bonchev–Trinajstić information content (AvgIpc) is 3.66. The number of rotatable bonds is 9. The predicted octanol–water partition coefficient (Wildman–Crippen LogP) is 5.35. The molecule has 50 heavy (non-hydrogen) atoms. The summed E-state index contributed by atoms with van der Waals surface area (Å²) in [7, 11) is 0. The van der Waals surface area contributed by atoms with E-state index < -0.39 is 29.6 Å². The lowest BCUT2D eigenvalue weighted by molar-refractivity contribution is -0.135. The van der Waals surface area contributed by atoms with Crippen LogP contribution in [0.4, 0.5) is 10.1 Å². The highest BCUT2D eigenvalue weighted by molar-refractivity contribution is 6.31. The van der Waals surface area contributed by atoms with Gasteiger partial charge in [-0.15, -0.1) is 5.10 Å². The molecule has 0 saturated carbocycles. The Bertz CT molecular complexity index is 2120. The molecule has 12 nitrogen and oxygen atoms in total. The molecule has 5 aromatic rings. The number of anilines is 1. The first-order valence-corrected chi connectivity index (χ1v) is 15.9. The van der Waals surface area contributed by atoms with Gasteiger partial charge in [-0.2, -0.15) is 4.68 Å². The van der Waals surface area contributed by atoms with Crippen LogP contribution in [0.3, 0.4) is 0 Å². The first-order chi connectivity index (χ1) is 24.2. The minimum absolute atomic E-state index is 0.0339. The quantitative estimate of drug-likeness (QED) is 0.174. The Morgan fingerprint density at radius 3 is 2.42 bits per heavy atom. The number of halogens is 2. The van der Waals surface area contributed by atoms with Crippen LogP contribution < -0.4 is 10.6 Å². The molecule has 1 aromatic heterocycles. The highest BCUT2D eigenvalue weighted by Gasteiger charge is 2.36. The van der Waals surface area contributed by atoms with E-state index in [9.17, 15) is 24.3 Å². The third-order valence-corrected chi connectivity index (χ3v) is 8.54. The minimum atomic E-state index is -1.12. The first kappa shape index (κ1) is 33.7. The average molecular weight is 694 g/mol. The van der Waals surface area contributed by atoms with Gasteiger partial charge in [-0.05, 0) is 101 Å². The summed E-state index contributed by atoms with van der Waals surface area (Å²) >= 11 is 6.07. The number of nitrogens with zero attached hydrogens (tertiary/aromatic N) is 5. The van der Waals surface area contributed by atoms with Crippen LogP contribution in [0.25, 0.3) is 22.9 Å². The molecule has 0 spiro atoms. The number of fused-ring (bicyclic) bond motifs is 1. The van der Waals surface area contributed by atoms with Crippen LogP contribution in [0.5, 0.6) is 0 Å². The maximum absolute atomic E-state index is 15.3. The number of aromatic nitrogens is 4. The maximum atomic E-state index is 15.3. The second-order valence-corrected chi connectivity index (χ2v) is 11.7. The largest absolute Gasteiger partial charge is 0.478 e. The molecule has 1 atom stereocenters. The van der Waals surface area contributed by atoms with Gasteiger partial charge in [0, 0.05) is 36.0 Å². The molecule has 0 radical (unpaired) electrons. The Kier molecular flexibility index (Phi) is 9.77. The van der Waals surface area contributed by atoms with Crippen molar-refractivity contribution in [3.05, 3.63) is 130 Å². The number of carboxylic acids is 1. The molecule has 1 aliphatic rings. The minimum Gasteiger partial charge on any atom is -0.478 e. The van der Waals surface area contributed by atoms with Gasteiger partial charge in [-0.1, -0.05) is 41.9 Å². The fourth-order valence-electron chi connectivity index (χ4n) is 5.87. The Hall–Kier alpha value is -6.21. The molecule has 1 unspecified atom stereocenters. The van der Waals surface area contributed by atoms with Gasteiger partial charge < -0.3 is 20.6 Å². The standard InChI is InChI=1S/C36H29ClFN7O5/c1-2-39-34(47)22-8-6-21(7-9-22)25-4-3-5-27-26(25)18-19-44(33(27)35(48)41-24-12-10-23(11-13-24)36(49)50)31(46)17-14-28-30(45-20-40-42-43-45)16-15-29(37)32(28)38/h3-17,20,33H,2,18-19H2,1H3,(H,39,47)(H,41,48)(H,49,50). The molecule has 14 heteroatoms. The summed E-state index contributed by atoms with van der Waals surface area (Å²) in [5.41, 5.74) is 4.17. The van der Waals surface area contributed by atoms with Crippen LogP contribution >= 0.6 is 11.6 Å². The van der Waals surface area contributed by atoms with E-state index in [-0.39, 0.29) is 34.3 Å². The lowest BCUT2D eigenvalue weighted by atomic mass is 9.85. The Morgan fingerprint density at radius 1 is 1.00 bits per heavy atom. The van der Waals surface area contributed by atoms with Gasteiger partial charge in [0.15, 0.2) is 5.82 Å². The zero-order valence-corrected chi connectivity index (χ0v) is 27.3. The highest BCUT2D eigenvalue weighted by atomic mass is 35.5. The van der Waals surface area contributed by atoms with Gasteiger partial charge in [0.1, 0.15) is 12.4 Å². The topological polar surface area (TPSA) is 159 Å². The lowest BCUT2D eigenvalue weighted by Crippen LogP contribution is -2.45. The number of aromatic carboxylic acids is 1. The molecular formula is C36H29ClFN7O5. The van der Waals surface area contributed by atoms with Crippen molar-refractivity contribution in [1.82, 2.24) is 30.4 Å². The van der Waals surface area contributed by atoms with E-state index in [0.29, 0.717) is 29.8 Å². The Balaban J connectivity index is 1.37. The van der Waals surface area contributed by atoms with Crippen LogP contribution in [0.2, 0.25) is 5.02 Å². The Labute approximate surface area is 290 Å². The van der Waals surface area contributed by atoms with E-state index in [4.69, 9.17) is 11.6 Å². The number of carbonyl (C=O) groups excluding carboxylic acids is 3. The summed E-state index contributed by atoms with van der Waals surface area (Å²) < 4.78 is 16.5. The molecule has 3 amide bonds. The van der Waals surface area contributed by atoms with Crippen LogP contribution in [0.1, 0.15) is 50.4 Å². The number of benzene rings is 4. The lowest BCUT2D eigenvalue weighted by Gasteiger charge is -2.37. The number of carboxylic acid groups (broad SMARTS) is 1. The molecule has 6 rings (SSSR count). The molecule has 0 aliphatic carbocycles. The van der Waals surface area contributed by atoms with Crippen LogP contribution in [0.15, 0.2) is 91.3 Å². The van der Waals surface area contributed by atoms with Gasteiger partial charge >= 0.3 is 5.97 Å². The molecule has 252 valence electrons. The van der Waals surface area contributed by atoms with Crippen LogP contribution in [-0.2, 0) is 16.0 Å². The number of hydrogen-bond donors (Lipinski definition) is 3. The molecular weight excluding hydrogens is 665 g/mol. The molecule has 1 aliphatic heterocycles. The molecule has 4 aromatic carbocycles. The molecule has 0 bridgehead atoms. The predicted molar refractivity (Wildman–Crippen MR) is 183 cm³/mol. The van der Waals surface area contributed by atoms with Crippen molar-refractivity contribution in [1.29, 1.82) is 0 Å². The summed E-state index contributed by atoms with van der Waals surface area (Å²) in [6, 6.07) is 20.0. The fraction of sp³-hybridized carbons (Fsp3) is 0.139. The number of tetrazole rings is 1. The van der Waals surface area contributed by atoms with Gasteiger partial charge in [0.2, 0.25) is 5.91 Å². The second-order valence-electron chi connectivity index (χ2n) is 11.2. The molecule has 0 fully saturated rings. The monoisotopic (exact) mass is 693 g/mol. The SMILES string of the molecule is CCNC(=O)c1ccc(-c2cccc3c2CCN(C(=O)C=Cc2c(-n4cnnn4)ccc(Cl)c2F)C3C(=O)Nc2ccc(C(=O)O)cc2)cc1. The van der Waals surface area contributed by atoms with E-state index >= 15 is 4.39 Å². The first-order valence-electron chi connectivity index (χ1n) is 15.5. The van der Waals surface area contributed by atoms with E-state index in [1.165, 1.54) is 64.5 Å². The highest BCUT2D eigenvalue weighted by Crippen LogP contribution is 2.37. The van der Waals surface area contributed by atoms with Crippen molar-refractivity contribution in [2.75, 3.05) is 18.4 Å². The van der Waals surface area contributed by atoms with E-state index in [0.717, 1.165) is 16.7 Å². The van der Waals surface area contributed by atoms with Crippen molar-refractivity contribution in [3.63, 3.8) is 0 Å². The van der Waals surface area contributed by atoms with Gasteiger partial charge in [-0.3, -0.25) is 14.4 Å². The Morgan fingerprint density at radius 2 is 1.74 bits per heavy atom. The zero-order valence-electron chi connectivity index (χ0n) is 26.5. The number of nitrogens with one attached hydrogen (secondary N) is 2. The van der Waals surface area contributed by atoms with Crippen molar-refractivity contribution >= 4 is 47.1 Å². The molecule has 2 heterocycles. The van der Waals surface area contributed by atoms with E-state index in [1.807, 2.05) is 25.1 Å². The zero-order chi connectivity index (χ0) is 35.4. The number of amides is 3. The maximum Gasteiger partial charge on any atom is 0.335 e. The van der Waals surface area contributed by atoms with Crippen LogP contribution in [-0.4, -0.2) is 67.0 Å². The van der Waals surface area contributed by atoms with Crippen molar-refractivity contribution < 1.29 is 28.7 Å². The van der Waals surface area contributed by atoms with Crippen molar-refractivity contribution in [2.24, 2.45) is 0 Å². The summed E-state index contributed by atoms with van der Waals surface area (Å²) in [4.78, 5) is 53.1. The summed E-state index contributed by atoms with van der Waals surface area (Å²) in [5.74, 6) is -3.20. The summed E-state index contributed by atoms with van der Waals surface area (Å²) in [5, 5.41) is 25.7. The van der Waals surface area contributed by atoms with E-state index in [1.54, 1.807) is 24.3 Å². The van der Waals surface area contributed by atoms with Crippen molar-refractivity contribution in [2.45, 2.75) is 19.4 Å². The number of carbonyl (C=O) groups is 4. The van der Waals surface area contributed by atoms with Gasteiger partial charge in [0.05, 0.1) is 16.3 Å². The van der Waals surface area contributed by atoms with Gasteiger partial charge in [-0.25, -0.2) is 9.18 Å². The smallest absolute Gasteiger partial charge is 0.335 e. The third kappa shape index (κ3) is 6.84. The fourth-order valence-corrected chi connectivity index (χ4v) is 6.03. The van der Waals surface area contributed by atoms with E-state index in [2.05, 4.69) is 26.2 Å². The van der Waals surface area contributed by atoms with Gasteiger partial charge in [0.25, 0.3) is 11.8 Å². The van der Waals surface area contributed by atoms with Crippen LogP contribution in [0, 0.1) is 5.82 Å². The normalized spacial score (nSPS) is 13.9. The molecule has 0 saturated heterocycles. The number of hydrogen-bond acceptors (Lipinski definition) is 7. The third-order valence-electron chi connectivity index (χ3n) is 8.25. The van der Waals surface area contributed by atoms with Crippen molar-refractivity contribution in [3.8, 4) is 16.8 Å².